The summed E-state index contributed by atoms with van der Waals surface area (Å²) in [6.07, 6.45) is 2.67. The Morgan fingerprint density at radius 2 is 2.16 bits per heavy atom. The molecule has 0 aliphatic carbocycles. The topological polar surface area (TPSA) is 47.9 Å². The van der Waals surface area contributed by atoms with E-state index in [1.807, 2.05) is 30.3 Å². The van der Waals surface area contributed by atoms with Crippen molar-refractivity contribution >= 4 is 12.0 Å². The predicted octanol–water partition coefficient (Wildman–Crippen LogP) is 2.96. The molecule has 0 aromatic heterocycles. The van der Waals surface area contributed by atoms with Gasteiger partial charge in [0, 0.05) is 12.0 Å². The first-order valence-corrected chi connectivity index (χ1v) is 7.55. The lowest BCUT2D eigenvalue weighted by molar-refractivity contribution is -0.0798. The first-order valence-electron chi connectivity index (χ1n) is 6.64. The highest BCUT2D eigenvalue weighted by Gasteiger charge is 2.29. The zero-order valence-corrected chi connectivity index (χ0v) is 11.8. The summed E-state index contributed by atoms with van der Waals surface area (Å²) in [4.78, 5) is 5.07. The molecular weight excluding hydrogens is 264 g/mol. The van der Waals surface area contributed by atoms with Gasteiger partial charge in [-0.15, -0.1) is 4.33 Å². The van der Waals surface area contributed by atoms with E-state index in [1.54, 1.807) is 0 Å². The Balaban J connectivity index is 1.60. The average Bonchev–Trinajstić information content (AvgIpc) is 2.93. The van der Waals surface area contributed by atoms with E-state index in [1.165, 1.54) is 0 Å². The standard InChI is InChI=1S/C14H20O4S/c1-2-11-8-9-14(16-11)13(15)10-19-18-17-12-6-4-3-5-7-12/h3-7,11,13-15H,2,8-10H2,1H3. The summed E-state index contributed by atoms with van der Waals surface area (Å²) in [5, 5.41) is 9.98. The fraction of sp³-hybridized carbons (Fsp3) is 0.571. The van der Waals surface area contributed by atoms with Gasteiger partial charge in [0.2, 0.25) is 0 Å². The van der Waals surface area contributed by atoms with Crippen LogP contribution in [0.4, 0.5) is 0 Å². The van der Waals surface area contributed by atoms with Crippen LogP contribution in [-0.4, -0.2) is 29.2 Å². The number of aliphatic hydroxyl groups excluding tert-OH is 1. The molecule has 3 unspecified atom stereocenters. The summed E-state index contributed by atoms with van der Waals surface area (Å²) >= 11 is 1.10. The molecule has 0 radical (unpaired) electrons. The Morgan fingerprint density at radius 1 is 1.37 bits per heavy atom. The Hall–Kier alpha value is -0.750. The van der Waals surface area contributed by atoms with Crippen molar-refractivity contribution in [3.63, 3.8) is 0 Å². The second-order valence-electron chi connectivity index (χ2n) is 4.60. The van der Waals surface area contributed by atoms with Crippen LogP contribution in [0.15, 0.2) is 30.3 Å². The van der Waals surface area contributed by atoms with Crippen molar-refractivity contribution in [3.8, 4) is 5.75 Å². The third kappa shape index (κ3) is 4.69. The van der Waals surface area contributed by atoms with Gasteiger partial charge in [0.05, 0.1) is 24.1 Å². The van der Waals surface area contributed by atoms with E-state index in [0.29, 0.717) is 17.6 Å². The van der Waals surface area contributed by atoms with Crippen LogP contribution in [0.5, 0.6) is 5.75 Å². The van der Waals surface area contributed by atoms with Crippen LogP contribution in [0.25, 0.3) is 0 Å². The van der Waals surface area contributed by atoms with Gasteiger partial charge < -0.3 is 14.7 Å². The number of para-hydroxylation sites is 1. The molecule has 3 atom stereocenters. The number of ether oxygens (including phenoxy) is 1. The minimum Gasteiger partial charge on any atom is -0.389 e. The van der Waals surface area contributed by atoms with Crippen LogP contribution in [0.3, 0.4) is 0 Å². The number of benzene rings is 1. The minimum absolute atomic E-state index is 0.0715. The van der Waals surface area contributed by atoms with E-state index < -0.39 is 6.10 Å². The lowest BCUT2D eigenvalue weighted by Gasteiger charge is -2.17. The molecule has 1 heterocycles. The fourth-order valence-corrected chi connectivity index (χ4v) is 2.60. The van der Waals surface area contributed by atoms with Crippen molar-refractivity contribution < 1.29 is 19.1 Å². The van der Waals surface area contributed by atoms with Crippen LogP contribution in [-0.2, 0) is 9.07 Å². The lowest BCUT2D eigenvalue weighted by atomic mass is 10.1. The molecule has 0 amide bonds. The molecule has 1 aromatic rings. The van der Waals surface area contributed by atoms with E-state index in [-0.39, 0.29) is 6.10 Å². The Morgan fingerprint density at radius 3 is 2.84 bits per heavy atom. The van der Waals surface area contributed by atoms with Gasteiger partial charge in [0.15, 0.2) is 5.75 Å². The normalized spacial score (nSPS) is 24.3. The SMILES string of the molecule is CCC1CCC(C(O)CSOOc2ccccc2)O1. The summed E-state index contributed by atoms with van der Waals surface area (Å²) < 4.78 is 10.7. The van der Waals surface area contributed by atoms with Gasteiger partial charge in [-0.25, -0.2) is 0 Å². The Kier molecular flexibility index (Phi) is 5.97. The van der Waals surface area contributed by atoms with Gasteiger partial charge in [0.1, 0.15) is 0 Å². The maximum absolute atomic E-state index is 9.98. The first kappa shape index (κ1) is 14.7. The molecule has 0 bridgehead atoms. The number of aliphatic hydroxyl groups is 1. The fourth-order valence-electron chi connectivity index (χ4n) is 2.06. The van der Waals surface area contributed by atoms with Crippen molar-refractivity contribution in [1.82, 2.24) is 0 Å². The molecule has 2 rings (SSSR count). The van der Waals surface area contributed by atoms with E-state index in [9.17, 15) is 5.11 Å². The lowest BCUT2D eigenvalue weighted by Crippen LogP contribution is -2.28. The van der Waals surface area contributed by atoms with Crippen molar-refractivity contribution in [2.45, 2.75) is 44.5 Å². The molecule has 1 aromatic carbocycles. The van der Waals surface area contributed by atoms with Gasteiger partial charge in [-0.3, -0.25) is 0 Å². The highest BCUT2D eigenvalue weighted by molar-refractivity contribution is 7.94. The molecule has 1 aliphatic heterocycles. The van der Waals surface area contributed by atoms with Crippen molar-refractivity contribution in [1.29, 1.82) is 0 Å². The van der Waals surface area contributed by atoms with E-state index >= 15 is 0 Å². The Labute approximate surface area is 118 Å². The van der Waals surface area contributed by atoms with E-state index in [2.05, 4.69) is 6.92 Å². The van der Waals surface area contributed by atoms with Crippen molar-refractivity contribution in [2.75, 3.05) is 5.75 Å². The van der Waals surface area contributed by atoms with Gasteiger partial charge >= 0.3 is 0 Å². The largest absolute Gasteiger partial charge is 0.389 e. The summed E-state index contributed by atoms with van der Waals surface area (Å²) in [6, 6.07) is 9.27. The molecule has 19 heavy (non-hydrogen) atoms. The first-order chi connectivity index (χ1) is 9.29. The number of hydrogen-bond donors (Lipinski definition) is 1. The van der Waals surface area contributed by atoms with Crippen LogP contribution < -0.4 is 4.89 Å². The molecule has 1 aliphatic rings. The molecule has 4 nitrogen and oxygen atoms in total. The number of hydrogen-bond acceptors (Lipinski definition) is 5. The summed E-state index contributed by atoms with van der Waals surface area (Å²) in [5.41, 5.74) is 0. The van der Waals surface area contributed by atoms with Gasteiger partial charge in [-0.1, -0.05) is 25.1 Å². The summed E-state index contributed by atoms with van der Waals surface area (Å²) in [7, 11) is 0. The quantitative estimate of drug-likeness (QED) is 0.361. The predicted molar refractivity (Wildman–Crippen MR) is 74.8 cm³/mol. The highest BCUT2D eigenvalue weighted by atomic mass is 32.2. The maximum Gasteiger partial charge on any atom is 0.166 e. The number of rotatable bonds is 7. The van der Waals surface area contributed by atoms with Gasteiger partial charge in [-0.2, -0.15) is 0 Å². The zero-order valence-electron chi connectivity index (χ0n) is 11.0. The molecule has 106 valence electrons. The van der Waals surface area contributed by atoms with Crippen molar-refractivity contribution in [3.05, 3.63) is 30.3 Å². The molecule has 1 N–H and O–H groups in total. The molecular formula is C14H20O4S. The molecule has 0 saturated carbocycles. The average molecular weight is 284 g/mol. The van der Waals surface area contributed by atoms with Crippen LogP contribution in [0.1, 0.15) is 26.2 Å². The minimum atomic E-state index is -0.513. The van der Waals surface area contributed by atoms with Crippen LogP contribution in [0, 0.1) is 0 Å². The smallest absolute Gasteiger partial charge is 0.166 e. The van der Waals surface area contributed by atoms with Crippen molar-refractivity contribution in [2.24, 2.45) is 0 Å². The summed E-state index contributed by atoms with van der Waals surface area (Å²) in [6.45, 7) is 2.10. The third-order valence-electron chi connectivity index (χ3n) is 3.19. The molecule has 0 spiro atoms. The van der Waals surface area contributed by atoms with E-state index in [4.69, 9.17) is 14.0 Å². The van der Waals surface area contributed by atoms with Crippen LogP contribution in [0.2, 0.25) is 0 Å². The molecule has 5 heteroatoms. The second kappa shape index (κ2) is 7.75. The van der Waals surface area contributed by atoms with E-state index in [0.717, 1.165) is 31.3 Å². The zero-order chi connectivity index (χ0) is 13.5. The monoisotopic (exact) mass is 284 g/mol. The Bertz CT molecular complexity index is 360. The molecule has 1 fully saturated rings. The van der Waals surface area contributed by atoms with Gasteiger partial charge in [-0.05, 0) is 31.4 Å². The molecule has 1 saturated heterocycles. The third-order valence-corrected chi connectivity index (χ3v) is 3.83. The maximum atomic E-state index is 9.98. The van der Waals surface area contributed by atoms with Crippen LogP contribution >= 0.6 is 12.0 Å². The van der Waals surface area contributed by atoms with Gasteiger partial charge in [0.25, 0.3) is 0 Å². The second-order valence-corrected chi connectivity index (χ2v) is 5.30. The summed E-state index contributed by atoms with van der Waals surface area (Å²) in [5.74, 6) is 1.08. The highest BCUT2D eigenvalue weighted by Crippen LogP contribution is 2.25.